The molecule has 2 nitrogen and oxygen atoms in total. The Morgan fingerprint density at radius 1 is 0.296 bits per heavy atom. The van der Waals surface area contributed by atoms with Gasteiger partial charge in [-0.25, -0.2) is 0 Å². The van der Waals surface area contributed by atoms with Gasteiger partial charge in [-0.1, -0.05) is 109 Å². The zero-order valence-electron chi connectivity index (χ0n) is 28.9. The van der Waals surface area contributed by atoms with E-state index in [1.807, 2.05) is 22.7 Å². The smallest absolute Gasteiger partial charge is 0.0619 e. The van der Waals surface area contributed by atoms with Crippen molar-refractivity contribution < 1.29 is 0 Å². The van der Waals surface area contributed by atoms with Crippen molar-refractivity contribution in [3.05, 3.63) is 170 Å². The summed E-state index contributed by atoms with van der Waals surface area (Å²) in [6.07, 6.45) is 0. The number of hydrogen-bond acceptors (Lipinski definition) is 2. The third-order valence-corrected chi connectivity index (χ3v) is 13.9. The average molecular weight is 721 g/mol. The van der Waals surface area contributed by atoms with E-state index in [-0.39, 0.29) is 0 Å². The summed E-state index contributed by atoms with van der Waals surface area (Å²) in [5.41, 5.74) is 7.33. The molecule has 0 saturated carbocycles. The first kappa shape index (κ1) is 29.0. The van der Waals surface area contributed by atoms with E-state index in [0.717, 1.165) is 0 Å². The van der Waals surface area contributed by atoms with Gasteiger partial charge in [0.25, 0.3) is 0 Å². The van der Waals surface area contributed by atoms with Crippen LogP contribution in [0, 0.1) is 0 Å². The van der Waals surface area contributed by atoms with E-state index >= 15 is 0 Å². The second kappa shape index (κ2) is 10.6. The van der Waals surface area contributed by atoms with Crippen LogP contribution in [0.1, 0.15) is 0 Å². The third kappa shape index (κ3) is 3.69. The molecule has 0 N–H and O–H groups in total. The number of benzene rings is 9. The molecule has 9 aromatic carbocycles. The highest BCUT2D eigenvalue weighted by Gasteiger charge is 2.23. The van der Waals surface area contributed by atoms with E-state index in [4.69, 9.17) is 0 Å². The zero-order chi connectivity index (χ0) is 35.1. The summed E-state index contributed by atoms with van der Waals surface area (Å²) >= 11 is 3.77. The number of thiophene rings is 2. The number of aromatic nitrogens is 2. The van der Waals surface area contributed by atoms with Crippen LogP contribution in [0.2, 0.25) is 0 Å². The fraction of sp³-hybridized carbons (Fsp3) is 0. The van der Waals surface area contributed by atoms with Crippen LogP contribution < -0.4 is 0 Å². The van der Waals surface area contributed by atoms with Crippen LogP contribution in [-0.4, -0.2) is 9.13 Å². The summed E-state index contributed by atoms with van der Waals surface area (Å²) in [6, 6.07) is 63.3. The number of fused-ring (bicyclic) bond motifs is 16. The van der Waals surface area contributed by atoms with Crippen LogP contribution >= 0.6 is 22.7 Å². The molecule has 13 aromatic rings. The lowest BCUT2D eigenvalue weighted by Crippen LogP contribution is -2.00. The third-order valence-electron chi connectivity index (χ3n) is 11.7. The van der Waals surface area contributed by atoms with Gasteiger partial charge in [0.1, 0.15) is 0 Å². The summed E-state index contributed by atoms with van der Waals surface area (Å²) in [5.74, 6) is 0. The predicted molar refractivity (Wildman–Crippen MR) is 236 cm³/mol. The van der Waals surface area contributed by atoms with E-state index in [2.05, 4.69) is 179 Å². The molecule has 250 valence electrons. The summed E-state index contributed by atoms with van der Waals surface area (Å²) in [7, 11) is 0. The van der Waals surface area contributed by atoms with Crippen LogP contribution in [0.5, 0.6) is 0 Å². The normalized spacial score (nSPS) is 12.4. The number of hydrogen-bond donors (Lipinski definition) is 0. The van der Waals surface area contributed by atoms with Crippen LogP contribution in [0.25, 0.3) is 117 Å². The van der Waals surface area contributed by atoms with E-state index in [1.165, 1.54) is 117 Å². The minimum atomic E-state index is 1.19. The molecule has 0 atom stereocenters. The fourth-order valence-electron chi connectivity index (χ4n) is 9.54. The molecule has 0 radical (unpaired) electrons. The van der Waals surface area contributed by atoms with E-state index < -0.39 is 0 Å². The highest BCUT2D eigenvalue weighted by Crippen LogP contribution is 2.47. The molecule has 0 bridgehead atoms. The zero-order valence-corrected chi connectivity index (χ0v) is 30.5. The topological polar surface area (TPSA) is 9.86 Å². The van der Waals surface area contributed by atoms with Gasteiger partial charge < -0.3 is 9.13 Å². The Labute approximate surface area is 316 Å². The van der Waals surface area contributed by atoms with Crippen LogP contribution in [0.15, 0.2) is 170 Å². The van der Waals surface area contributed by atoms with Crippen molar-refractivity contribution in [2.75, 3.05) is 0 Å². The molecule has 0 saturated heterocycles. The molecule has 0 spiro atoms. The van der Waals surface area contributed by atoms with Gasteiger partial charge in [0.2, 0.25) is 0 Å². The maximum Gasteiger partial charge on any atom is 0.0619 e. The van der Waals surface area contributed by atoms with Crippen LogP contribution in [0.4, 0.5) is 0 Å². The molecule has 4 aromatic heterocycles. The molecule has 0 aliphatic carbocycles. The summed E-state index contributed by atoms with van der Waals surface area (Å²) in [4.78, 5) is 0. The van der Waals surface area contributed by atoms with Crippen molar-refractivity contribution in [3.63, 3.8) is 0 Å². The molecule has 4 heterocycles. The fourth-order valence-corrected chi connectivity index (χ4v) is 11.8. The molecule has 0 amide bonds. The van der Waals surface area contributed by atoms with Gasteiger partial charge in [0.15, 0.2) is 0 Å². The molecule has 54 heavy (non-hydrogen) atoms. The second-order valence-electron chi connectivity index (χ2n) is 14.4. The van der Waals surface area contributed by atoms with Crippen molar-refractivity contribution >= 4 is 128 Å². The van der Waals surface area contributed by atoms with Crippen molar-refractivity contribution in [1.82, 2.24) is 9.13 Å². The van der Waals surface area contributed by atoms with E-state index in [9.17, 15) is 0 Å². The van der Waals surface area contributed by atoms with Crippen molar-refractivity contribution in [2.45, 2.75) is 0 Å². The van der Waals surface area contributed by atoms with Crippen LogP contribution in [-0.2, 0) is 0 Å². The first-order valence-corrected chi connectivity index (χ1v) is 20.1. The SMILES string of the molecule is c1ccc2c(-n3c4ccccc4c4c5c(ccc43)sc3ccccc35)c3cccc(-n4c5ccccc5c5c6c(ccc54)sc4ccccc46)c3cc2c1. The molecule has 0 aliphatic rings. The highest BCUT2D eigenvalue weighted by molar-refractivity contribution is 7.26. The number of rotatable bonds is 2. The van der Waals surface area contributed by atoms with Gasteiger partial charge in [-0.3, -0.25) is 0 Å². The van der Waals surface area contributed by atoms with E-state index in [0.29, 0.717) is 0 Å². The standard InChI is InChI=1S/C50H28N2S2/c1-2-13-30-29(12-1)28-36-31(50(30)52-38-20-8-4-15-33(38)47-41(52)25-27-45-49(47)35-17-6-10-23-43(35)54-45)18-11-21-39(36)51-37-19-7-3-14-32(37)46-40(51)24-26-44-48(46)34-16-5-9-22-42(34)53-44/h1-28H. The lowest BCUT2D eigenvalue weighted by Gasteiger charge is -2.18. The maximum absolute atomic E-state index is 2.55. The molecule has 0 fully saturated rings. The van der Waals surface area contributed by atoms with Crippen molar-refractivity contribution in [2.24, 2.45) is 0 Å². The van der Waals surface area contributed by atoms with Gasteiger partial charge in [-0.15, -0.1) is 22.7 Å². The Balaban J connectivity index is 1.20. The lowest BCUT2D eigenvalue weighted by molar-refractivity contribution is 1.19. The van der Waals surface area contributed by atoms with E-state index in [1.54, 1.807) is 0 Å². The molecular formula is C50H28N2S2. The predicted octanol–water partition coefficient (Wildman–Crippen LogP) is 14.9. The minimum Gasteiger partial charge on any atom is -0.309 e. The Hall–Kier alpha value is -6.46. The van der Waals surface area contributed by atoms with Gasteiger partial charge >= 0.3 is 0 Å². The number of nitrogens with zero attached hydrogens (tertiary/aromatic N) is 2. The molecule has 0 aliphatic heterocycles. The Kier molecular flexibility index (Phi) is 5.69. The second-order valence-corrected chi connectivity index (χ2v) is 16.6. The van der Waals surface area contributed by atoms with Crippen molar-refractivity contribution in [3.8, 4) is 11.4 Å². The molecule has 13 rings (SSSR count). The van der Waals surface area contributed by atoms with Gasteiger partial charge in [0, 0.05) is 78.0 Å². The largest absolute Gasteiger partial charge is 0.309 e. The van der Waals surface area contributed by atoms with Gasteiger partial charge in [-0.05, 0) is 66.0 Å². The maximum atomic E-state index is 2.55. The number of para-hydroxylation sites is 2. The first-order valence-electron chi connectivity index (χ1n) is 18.4. The molecular weight excluding hydrogens is 693 g/mol. The quantitative estimate of drug-likeness (QED) is 0.157. The highest BCUT2D eigenvalue weighted by atomic mass is 32.1. The first-order chi connectivity index (χ1) is 26.8. The Morgan fingerprint density at radius 3 is 1.44 bits per heavy atom. The van der Waals surface area contributed by atoms with Crippen molar-refractivity contribution in [1.29, 1.82) is 0 Å². The summed E-state index contributed by atoms with van der Waals surface area (Å²) < 4.78 is 10.4. The molecule has 0 unspecified atom stereocenters. The van der Waals surface area contributed by atoms with Gasteiger partial charge in [0.05, 0.1) is 33.4 Å². The molecule has 4 heteroatoms. The van der Waals surface area contributed by atoms with Crippen LogP contribution in [0.3, 0.4) is 0 Å². The summed E-state index contributed by atoms with van der Waals surface area (Å²) in [6.45, 7) is 0. The monoisotopic (exact) mass is 720 g/mol. The Morgan fingerprint density at radius 2 is 0.796 bits per heavy atom. The minimum absolute atomic E-state index is 1.19. The summed E-state index contributed by atoms with van der Waals surface area (Å²) in [5, 5.41) is 15.5. The lowest BCUT2D eigenvalue weighted by atomic mass is 9.99. The average Bonchev–Trinajstić information content (AvgIpc) is 3.97. The Bertz CT molecular complexity index is 3740. The van der Waals surface area contributed by atoms with Gasteiger partial charge in [-0.2, -0.15) is 0 Å².